The van der Waals surface area contributed by atoms with Gasteiger partial charge in [-0.15, -0.1) is 5.10 Å². The van der Waals surface area contributed by atoms with E-state index in [-0.39, 0.29) is 10.9 Å². The van der Waals surface area contributed by atoms with Gasteiger partial charge in [-0.25, -0.2) is 0 Å². The van der Waals surface area contributed by atoms with Crippen molar-refractivity contribution >= 4 is 29.0 Å². The van der Waals surface area contributed by atoms with Crippen molar-refractivity contribution in [2.45, 2.75) is 12.8 Å². The molecule has 0 fully saturated rings. The van der Waals surface area contributed by atoms with Gasteiger partial charge in [-0.2, -0.15) is 0 Å². The van der Waals surface area contributed by atoms with E-state index < -0.39 is 0 Å². The van der Waals surface area contributed by atoms with Crippen molar-refractivity contribution in [2.75, 3.05) is 7.11 Å². The van der Waals surface area contributed by atoms with Gasteiger partial charge in [0, 0.05) is 18.4 Å². The summed E-state index contributed by atoms with van der Waals surface area (Å²) in [7, 11) is 1.48. The topological polar surface area (TPSA) is 76.7 Å². The molecule has 0 saturated carbocycles. The van der Waals surface area contributed by atoms with Crippen LogP contribution in [0.5, 0.6) is 0 Å². The summed E-state index contributed by atoms with van der Waals surface area (Å²) in [6.45, 7) is 0. The average Bonchev–Trinajstić information content (AvgIpc) is 2.39. The third-order valence-electron chi connectivity index (χ3n) is 2.19. The van der Waals surface area contributed by atoms with Crippen LogP contribution in [0, 0.1) is 0 Å². The SMILES string of the molecule is CO/C(CCC(=O)c1ccccc1)=N\NC(N)=S. The van der Waals surface area contributed by atoms with Gasteiger partial charge in [0.1, 0.15) is 0 Å². The summed E-state index contributed by atoms with van der Waals surface area (Å²) in [5, 5.41) is 3.89. The number of ether oxygens (including phenoxy) is 1. The number of hydrazone groups is 1. The maximum Gasteiger partial charge on any atom is 0.206 e. The Morgan fingerprint density at radius 2 is 2.06 bits per heavy atom. The summed E-state index contributed by atoms with van der Waals surface area (Å²) < 4.78 is 5.01. The molecule has 0 atom stereocenters. The van der Waals surface area contributed by atoms with Crippen molar-refractivity contribution in [3.8, 4) is 0 Å². The number of carbonyl (C=O) groups excluding carboxylic acids is 1. The molecule has 0 spiro atoms. The maximum absolute atomic E-state index is 11.8. The van der Waals surface area contributed by atoms with Gasteiger partial charge < -0.3 is 10.5 Å². The predicted molar refractivity (Wildman–Crippen MR) is 74.4 cm³/mol. The summed E-state index contributed by atoms with van der Waals surface area (Å²) in [6.07, 6.45) is 0.704. The molecule has 3 N–H and O–H groups in total. The van der Waals surface area contributed by atoms with Crippen molar-refractivity contribution < 1.29 is 9.53 Å². The number of ketones is 1. The Hall–Kier alpha value is -1.95. The molecule has 0 amide bonds. The molecule has 0 unspecified atom stereocenters. The Balaban J connectivity index is 2.51. The molecule has 18 heavy (non-hydrogen) atoms. The van der Waals surface area contributed by atoms with Crippen molar-refractivity contribution in [3.05, 3.63) is 35.9 Å². The molecule has 1 rings (SSSR count). The van der Waals surface area contributed by atoms with E-state index in [0.717, 1.165) is 0 Å². The van der Waals surface area contributed by atoms with Crippen molar-refractivity contribution in [1.82, 2.24) is 5.43 Å². The molecule has 1 aromatic carbocycles. The average molecular weight is 265 g/mol. The summed E-state index contributed by atoms with van der Waals surface area (Å²) in [4.78, 5) is 11.8. The van der Waals surface area contributed by atoms with Gasteiger partial charge in [0.15, 0.2) is 10.9 Å². The van der Waals surface area contributed by atoms with E-state index in [4.69, 9.17) is 10.5 Å². The number of nitrogens with one attached hydrogen (secondary N) is 1. The first-order valence-corrected chi connectivity index (χ1v) is 5.78. The zero-order chi connectivity index (χ0) is 13.4. The van der Waals surface area contributed by atoms with E-state index in [9.17, 15) is 4.79 Å². The molecular weight excluding hydrogens is 250 g/mol. The summed E-state index contributed by atoms with van der Waals surface area (Å²) in [5.74, 6) is 0.419. The van der Waals surface area contributed by atoms with Crippen LogP contribution < -0.4 is 11.2 Å². The summed E-state index contributed by atoms with van der Waals surface area (Å²) in [5.41, 5.74) is 8.33. The van der Waals surface area contributed by atoms with E-state index in [2.05, 4.69) is 22.7 Å². The number of nitrogens with zero attached hydrogens (tertiary/aromatic N) is 1. The number of methoxy groups -OCH3 is 1. The highest BCUT2D eigenvalue weighted by Crippen LogP contribution is 2.05. The van der Waals surface area contributed by atoms with Crippen molar-refractivity contribution in [1.29, 1.82) is 0 Å². The van der Waals surface area contributed by atoms with Gasteiger partial charge in [0.05, 0.1) is 7.11 Å². The fourth-order valence-corrected chi connectivity index (χ4v) is 1.36. The molecule has 0 heterocycles. The molecule has 0 aliphatic rings. The predicted octanol–water partition coefficient (Wildman–Crippen LogP) is 1.44. The van der Waals surface area contributed by atoms with E-state index in [0.29, 0.717) is 24.3 Å². The Labute approximate surface area is 111 Å². The highest BCUT2D eigenvalue weighted by molar-refractivity contribution is 7.80. The van der Waals surface area contributed by atoms with Crippen LogP contribution in [0.3, 0.4) is 0 Å². The lowest BCUT2D eigenvalue weighted by atomic mass is 10.1. The van der Waals surface area contributed by atoms with Gasteiger partial charge in [0.2, 0.25) is 5.90 Å². The second-order valence-electron chi connectivity index (χ2n) is 3.47. The van der Waals surface area contributed by atoms with Crippen LogP contribution in [0.15, 0.2) is 35.4 Å². The van der Waals surface area contributed by atoms with Crippen LogP contribution in [0.4, 0.5) is 0 Å². The van der Waals surface area contributed by atoms with E-state index in [1.807, 2.05) is 18.2 Å². The number of thiocarbonyl (C=S) groups is 1. The van der Waals surface area contributed by atoms with Crippen molar-refractivity contribution in [2.24, 2.45) is 10.8 Å². The molecule has 0 bridgehead atoms. The molecule has 0 aliphatic carbocycles. The highest BCUT2D eigenvalue weighted by Gasteiger charge is 2.08. The Bertz CT molecular complexity index is 446. The van der Waals surface area contributed by atoms with Crippen LogP contribution in [-0.4, -0.2) is 23.9 Å². The molecule has 1 aromatic rings. The van der Waals surface area contributed by atoms with Gasteiger partial charge in [-0.05, 0) is 12.2 Å². The minimum atomic E-state index is 0.0377. The number of benzene rings is 1. The fraction of sp³-hybridized carbons (Fsp3) is 0.250. The number of Topliss-reactive ketones (excluding diaryl/α,β-unsaturated/α-hetero) is 1. The molecule has 0 saturated heterocycles. The maximum atomic E-state index is 11.8. The van der Waals surface area contributed by atoms with Crippen LogP contribution in [0.25, 0.3) is 0 Å². The minimum absolute atomic E-state index is 0.0377. The van der Waals surface area contributed by atoms with E-state index in [1.54, 1.807) is 12.1 Å². The van der Waals surface area contributed by atoms with E-state index >= 15 is 0 Å². The molecule has 0 aliphatic heterocycles. The molecule has 0 radical (unpaired) electrons. The van der Waals surface area contributed by atoms with E-state index in [1.165, 1.54) is 7.11 Å². The third-order valence-corrected chi connectivity index (χ3v) is 2.28. The largest absolute Gasteiger partial charge is 0.483 e. The number of hydrogen-bond acceptors (Lipinski definition) is 4. The minimum Gasteiger partial charge on any atom is -0.483 e. The van der Waals surface area contributed by atoms with Gasteiger partial charge in [0.25, 0.3) is 0 Å². The second kappa shape index (κ2) is 7.39. The first kappa shape index (κ1) is 14.1. The van der Waals surface area contributed by atoms with Gasteiger partial charge >= 0.3 is 0 Å². The van der Waals surface area contributed by atoms with Crippen LogP contribution >= 0.6 is 12.2 Å². The molecular formula is C12H15N3O2S. The number of nitrogens with two attached hydrogens (primary N) is 1. The molecule has 96 valence electrons. The fourth-order valence-electron chi connectivity index (χ4n) is 1.31. The summed E-state index contributed by atoms with van der Waals surface area (Å²) >= 11 is 4.61. The van der Waals surface area contributed by atoms with Gasteiger partial charge in [-0.3, -0.25) is 10.2 Å². The second-order valence-corrected chi connectivity index (χ2v) is 3.91. The molecule has 5 nitrogen and oxygen atoms in total. The summed E-state index contributed by atoms with van der Waals surface area (Å²) in [6, 6.07) is 9.07. The van der Waals surface area contributed by atoms with Crippen molar-refractivity contribution in [3.63, 3.8) is 0 Å². The molecule has 6 heteroatoms. The molecule has 0 aromatic heterocycles. The number of rotatable bonds is 5. The lowest BCUT2D eigenvalue weighted by molar-refractivity contribution is 0.0983. The highest BCUT2D eigenvalue weighted by atomic mass is 32.1. The number of carbonyl (C=O) groups is 1. The van der Waals surface area contributed by atoms with Gasteiger partial charge in [-0.1, -0.05) is 30.3 Å². The Kier molecular flexibility index (Phi) is 5.79. The normalized spacial score (nSPS) is 10.8. The Morgan fingerprint density at radius 3 is 2.61 bits per heavy atom. The first-order chi connectivity index (χ1) is 8.63. The lowest BCUT2D eigenvalue weighted by Gasteiger charge is -2.05. The monoisotopic (exact) mass is 265 g/mol. The zero-order valence-corrected chi connectivity index (χ0v) is 10.9. The lowest BCUT2D eigenvalue weighted by Crippen LogP contribution is -2.26. The van der Waals surface area contributed by atoms with Crippen LogP contribution in [0.1, 0.15) is 23.2 Å². The Morgan fingerprint density at radius 1 is 1.39 bits per heavy atom. The van der Waals surface area contributed by atoms with Crippen LogP contribution in [-0.2, 0) is 4.74 Å². The zero-order valence-electron chi connectivity index (χ0n) is 10.1. The quantitative estimate of drug-likeness (QED) is 0.277. The smallest absolute Gasteiger partial charge is 0.206 e. The number of hydrogen-bond donors (Lipinski definition) is 2. The first-order valence-electron chi connectivity index (χ1n) is 5.37. The van der Waals surface area contributed by atoms with Crippen LogP contribution in [0.2, 0.25) is 0 Å². The standard InChI is InChI=1S/C12H15N3O2S/c1-17-11(14-15-12(13)18)8-7-10(16)9-5-3-2-4-6-9/h2-6H,7-8H2,1H3,(H3,13,15,18)/b14-11-. The third kappa shape index (κ3) is 4.92.